The maximum atomic E-state index is 12.6. The largest absolute Gasteiger partial charge is 0.380 e. The Morgan fingerprint density at radius 1 is 1.29 bits per heavy atom. The van der Waals surface area contributed by atoms with Gasteiger partial charge in [-0.3, -0.25) is 4.79 Å². The number of fused-ring (bicyclic) bond motifs is 1. The molecular formula is C18H21N5O. The number of nitrogens with zero attached hydrogens (tertiary/aromatic N) is 2. The maximum Gasteiger partial charge on any atom is 0.258 e. The van der Waals surface area contributed by atoms with Crippen LogP contribution in [0.5, 0.6) is 0 Å². The summed E-state index contributed by atoms with van der Waals surface area (Å²) in [6.45, 7) is 2.12. The number of piperidine rings is 1. The van der Waals surface area contributed by atoms with Crippen molar-refractivity contribution in [2.24, 2.45) is 0 Å². The van der Waals surface area contributed by atoms with Gasteiger partial charge < -0.3 is 20.5 Å². The van der Waals surface area contributed by atoms with E-state index in [-0.39, 0.29) is 5.91 Å². The van der Waals surface area contributed by atoms with E-state index >= 15 is 0 Å². The molecule has 124 valence electrons. The molecule has 0 radical (unpaired) electrons. The number of hydrogen-bond donors (Lipinski definition) is 3. The van der Waals surface area contributed by atoms with Crippen LogP contribution >= 0.6 is 0 Å². The zero-order valence-corrected chi connectivity index (χ0v) is 13.7. The van der Waals surface area contributed by atoms with E-state index in [9.17, 15) is 4.79 Å². The number of anilines is 1. The SMILES string of the molecule is CN1CCC(NC(=C2C(=O)Nc3ccccc32)c2c[nH]cn2)CC1. The van der Waals surface area contributed by atoms with E-state index in [0.717, 1.165) is 48.6 Å². The number of benzene rings is 1. The molecule has 0 aliphatic carbocycles. The molecule has 2 aliphatic rings. The van der Waals surface area contributed by atoms with Crippen LogP contribution in [0.1, 0.15) is 24.1 Å². The number of rotatable bonds is 3. The Kier molecular flexibility index (Phi) is 3.82. The molecule has 1 aromatic heterocycles. The summed E-state index contributed by atoms with van der Waals surface area (Å²) < 4.78 is 0. The summed E-state index contributed by atoms with van der Waals surface area (Å²) in [5.41, 5.74) is 4.05. The smallest absolute Gasteiger partial charge is 0.258 e. The molecule has 1 amide bonds. The second-order valence-electron chi connectivity index (χ2n) is 6.43. The fraction of sp³-hybridized carbons (Fsp3) is 0.333. The minimum atomic E-state index is -0.0744. The quantitative estimate of drug-likeness (QED) is 0.755. The third kappa shape index (κ3) is 2.69. The van der Waals surface area contributed by atoms with Crippen molar-refractivity contribution >= 4 is 22.9 Å². The molecule has 4 rings (SSSR count). The Balaban J connectivity index is 1.75. The predicted octanol–water partition coefficient (Wildman–Crippen LogP) is 1.91. The summed E-state index contributed by atoms with van der Waals surface area (Å²) in [6, 6.07) is 8.14. The van der Waals surface area contributed by atoms with Crippen LogP contribution in [0, 0.1) is 0 Å². The Hall–Kier alpha value is -2.60. The van der Waals surface area contributed by atoms with Gasteiger partial charge in [0.1, 0.15) is 5.69 Å². The Bertz CT molecular complexity index is 772. The van der Waals surface area contributed by atoms with E-state index < -0.39 is 0 Å². The lowest BCUT2D eigenvalue weighted by Gasteiger charge is -2.31. The summed E-state index contributed by atoms with van der Waals surface area (Å²) >= 11 is 0. The third-order valence-corrected chi connectivity index (χ3v) is 4.74. The van der Waals surface area contributed by atoms with Crippen LogP contribution < -0.4 is 10.6 Å². The summed E-state index contributed by atoms with van der Waals surface area (Å²) in [6.07, 6.45) is 5.59. The highest BCUT2D eigenvalue weighted by Crippen LogP contribution is 2.35. The maximum absolute atomic E-state index is 12.6. The lowest BCUT2D eigenvalue weighted by atomic mass is 10.0. The predicted molar refractivity (Wildman–Crippen MR) is 94.1 cm³/mol. The number of carbonyl (C=O) groups is 1. The van der Waals surface area contributed by atoms with Crippen LogP contribution in [0.3, 0.4) is 0 Å². The summed E-state index contributed by atoms with van der Waals surface area (Å²) in [4.78, 5) is 22.3. The highest BCUT2D eigenvalue weighted by molar-refractivity contribution is 6.36. The number of aromatic amines is 1. The number of hydrogen-bond acceptors (Lipinski definition) is 4. The first-order chi connectivity index (χ1) is 11.7. The average Bonchev–Trinajstić information content (AvgIpc) is 3.22. The molecule has 0 saturated carbocycles. The van der Waals surface area contributed by atoms with E-state index in [4.69, 9.17) is 0 Å². The molecule has 1 saturated heterocycles. The number of amides is 1. The highest BCUT2D eigenvalue weighted by atomic mass is 16.2. The third-order valence-electron chi connectivity index (χ3n) is 4.74. The van der Waals surface area contributed by atoms with Crippen LogP contribution in [-0.2, 0) is 4.79 Å². The van der Waals surface area contributed by atoms with E-state index in [1.165, 1.54) is 0 Å². The molecule has 0 bridgehead atoms. The van der Waals surface area contributed by atoms with Gasteiger partial charge in [0.25, 0.3) is 5.91 Å². The van der Waals surface area contributed by atoms with Gasteiger partial charge >= 0.3 is 0 Å². The zero-order chi connectivity index (χ0) is 16.5. The number of likely N-dealkylation sites (tertiary alicyclic amines) is 1. The van der Waals surface area contributed by atoms with Crippen LogP contribution in [0.15, 0.2) is 36.8 Å². The van der Waals surface area contributed by atoms with Crippen molar-refractivity contribution in [3.8, 4) is 0 Å². The van der Waals surface area contributed by atoms with Crippen molar-refractivity contribution < 1.29 is 4.79 Å². The zero-order valence-electron chi connectivity index (χ0n) is 13.7. The van der Waals surface area contributed by atoms with E-state index in [1.807, 2.05) is 30.5 Å². The molecule has 24 heavy (non-hydrogen) atoms. The van der Waals surface area contributed by atoms with Gasteiger partial charge in [0.2, 0.25) is 0 Å². The Morgan fingerprint density at radius 2 is 2.08 bits per heavy atom. The van der Waals surface area contributed by atoms with Crippen molar-refractivity contribution in [2.45, 2.75) is 18.9 Å². The van der Waals surface area contributed by atoms with Crippen molar-refractivity contribution in [3.05, 3.63) is 48.0 Å². The van der Waals surface area contributed by atoms with Gasteiger partial charge in [0, 0.05) is 23.5 Å². The number of H-pyrrole nitrogens is 1. The van der Waals surface area contributed by atoms with E-state index in [2.05, 4.69) is 32.5 Å². The standard InChI is InChI=1S/C18H21N5O/c1-23-8-6-12(7-9-23)21-17(15-10-19-11-20-15)16-13-4-2-3-5-14(13)22-18(16)24/h2-5,10-12,21H,6-9H2,1H3,(H,19,20)(H,22,24). The second-order valence-corrected chi connectivity index (χ2v) is 6.43. The van der Waals surface area contributed by atoms with Crippen LogP contribution in [0.2, 0.25) is 0 Å². The molecule has 6 nitrogen and oxygen atoms in total. The Morgan fingerprint density at radius 3 is 2.83 bits per heavy atom. The molecule has 0 spiro atoms. The number of aromatic nitrogens is 2. The lowest BCUT2D eigenvalue weighted by Crippen LogP contribution is -2.40. The van der Waals surface area contributed by atoms with E-state index in [0.29, 0.717) is 11.6 Å². The molecule has 3 N–H and O–H groups in total. The van der Waals surface area contributed by atoms with Gasteiger partial charge in [0.15, 0.2) is 0 Å². The van der Waals surface area contributed by atoms with Crippen LogP contribution in [-0.4, -0.2) is 47.0 Å². The first kappa shape index (κ1) is 15.0. The first-order valence-corrected chi connectivity index (χ1v) is 8.31. The summed E-state index contributed by atoms with van der Waals surface area (Å²) in [5, 5.41) is 6.55. The van der Waals surface area contributed by atoms with Gasteiger partial charge in [-0.2, -0.15) is 0 Å². The van der Waals surface area contributed by atoms with Gasteiger partial charge in [-0.25, -0.2) is 4.98 Å². The molecule has 6 heteroatoms. The molecule has 1 fully saturated rings. The minimum absolute atomic E-state index is 0.0744. The summed E-state index contributed by atoms with van der Waals surface area (Å²) in [7, 11) is 2.14. The molecule has 0 unspecified atom stereocenters. The number of carbonyl (C=O) groups excluding carboxylic acids is 1. The van der Waals surface area contributed by atoms with Crippen molar-refractivity contribution in [2.75, 3.05) is 25.5 Å². The van der Waals surface area contributed by atoms with Crippen molar-refractivity contribution in [3.63, 3.8) is 0 Å². The average molecular weight is 323 g/mol. The van der Waals surface area contributed by atoms with Crippen molar-refractivity contribution in [1.29, 1.82) is 0 Å². The van der Waals surface area contributed by atoms with Crippen LogP contribution in [0.4, 0.5) is 5.69 Å². The number of nitrogens with one attached hydrogen (secondary N) is 3. The lowest BCUT2D eigenvalue weighted by molar-refractivity contribution is -0.110. The normalized spacial score (nSPS) is 20.6. The molecule has 1 aromatic carbocycles. The van der Waals surface area contributed by atoms with E-state index in [1.54, 1.807) is 6.33 Å². The highest BCUT2D eigenvalue weighted by Gasteiger charge is 2.30. The van der Waals surface area contributed by atoms with Gasteiger partial charge in [-0.1, -0.05) is 18.2 Å². The molecule has 0 atom stereocenters. The molecule has 2 aromatic rings. The Labute approximate surface area is 141 Å². The fourth-order valence-corrected chi connectivity index (χ4v) is 3.39. The summed E-state index contributed by atoms with van der Waals surface area (Å²) in [5.74, 6) is -0.0744. The van der Waals surface area contributed by atoms with Crippen molar-refractivity contribution in [1.82, 2.24) is 20.2 Å². The molecule has 3 heterocycles. The van der Waals surface area contributed by atoms with Crippen LogP contribution in [0.25, 0.3) is 11.3 Å². The van der Waals surface area contributed by atoms with Gasteiger partial charge in [-0.05, 0) is 39.0 Å². The first-order valence-electron chi connectivity index (χ1n) is 8.31. The van der Waals surface area contributed by atoms with Gasteiger partial charge in [-0.15, -0.1) is 0 Å². The second kappa shape index (κ2) is 6.13. The molecular weight excluding hydrogens is 302 g/mol. The molecule has 2 aliphatic heterocycles. The number of imidazole rings is 1. The van der Waals surface area contributed by atoms with Gasteiger partial charge in [0.05, 0.1) is 17.6 Å². The number of para-hydroxylation sites is 1. The monoisotopic (exact) mass is 323 g/mol. The minimum Gasteiger partial charge on any atom is -0.380 e. The fourth-order valence-electron chi connectivity index (χ4n) is 3.39. The topological polar surface area (TPSA) is 73.1 Å².